The van der Waals surface area contributed by atoms with Gasteiger partial charge in [0.15, 0.2) is 0 Å². The van der Waals surface area contributed by atoms with Crippen molar-refractivity contribution in [3.63, 3.8) is 0 Å². The van der Waals surface area contributed by atoms with Gasteiger partial charge in [-0.05, 0) is 25.7 Å². The topological polar surface area (TPSA) is 66.8 Å². The number of carboxylic acid groups (broad SMARTS) is 1. The molecule has 0 atom stereocenters. The molecule has 1 saturated heterocycles. The number of hydrogen-bond acceptors (Lipinski definition) is 3. The molecular formula is C12H19NO4. The van der Waals surface area contributed by atoms with Gasteiger partial charge in [-0.1, -0.05) is 0 Å². The van der Waals surface area contributed by atoms with Gasteiger partial charge in [0.25, 0.3) is 0 Å². The summed E-state index contributed by atoms with van der Waals surface area (Å²) < 4.78 is 5.48. The van der Waals surface area contributed by atoms with Gasteiger partial charge in [-0.25, -0.2) is 0 Å². The quantitative estimate of drug-likeness (QED) is 0.776. The molecule has 0 aromatic rings. The molecular weight excluding hydrogens is 222 g/mol. The van der Waals surface area contributed by atoms with Gasteiger partial charge >= 0.3 is 5.97 Å². The number of piperidine rings is 1. The molecule has 5 nitrogen and oxygen atoms in total. The van der Waals surface area contributed by atoms with Gasteiger partial charge in [-0.15, -0.1) is 0 Å². The monoisotopic (exact) mass is 241 g/mol. The summed E-state index contributed by atoms with van der Waals surface area (Å²) in [5.41, 5.74) is 0. The van der Waals surface area contributed by atoms with Crippen LogP contribution in [0, 0.1) is 5.92 Å². The highest BCUT2D eigenvalue weighted by Gasteiger charge is 2.34. The molecule has 1 aliphatic carbocycles. The second kappa shape index (κ2) is 5.49. The highest BCUT2D eigenvalue weighted by Crippen LogP contribution is 2.32. The van der Waals surface area contributed by atoms with E-state index in [0.29, 0.717) is 11.8 Å². The lowest BCUT2D eigenvalue weighted by atomic mass is 10.1. The Morgan fingerprint density at radius 1 is 1.18 bits per heavy atom. The fraction of sp³-hybridized carbons (Fsp3) is 0.833. The molecule has 1 amide bonds. The Balaban J connectivity index is 1.63. The van der Waals surface area contributed by atoms with Crippen molar-refractivity contribution in [3.05, 3.63) is 0 Å². The first-order chi connectivity index (χ1) is 8.16. The normalized spacial score (nSPS) is 21.5. The molecule has 2 aliphatic rings. The summed E-state index contributed by atoms with van der Waals surface area (Å²) in [6, 6.07) is 0. The number of amides is 1. The SMILES string of the molecule is O=C(O)CCOC1CCN(C(=O)C2CC2)CC1. The van der Waals surface area contributed by atoms with Crippen LogP contribution in [0.4, 0.5) is 0 Å². The van der Waals surface area contributed by atoms with E-state index in [1.807, 2.05) is 4.90 Å². The van der Waals surface area contributed by atoms with Crippen LogP contribution in [0.15, 0.2) is 0 Å². The molecule has 0 radical (unpaired) electrons. The third-order valence-corrected chi connectivity index (χ3v) is 3.35. The molecule has 2 fully saturated rings. The van der Waals surface area contributed by atoms with Crippen LogP contribution in [0.1, 0.15) is 32.1 Å². The number of carbonyl (C=O) groups excluding carboxylic acids is 1. The lowest BCUT2D eigenvalue weighted by molar-refractivity contribution is -0.139. The second-order valence-corrected chi connectivity index (χ2v) is 4.81. The van der Waals surface area contributed by atoms with Crippen molar-refractivity contribution in [3.8, 4) is 0 Å². The maximum absolute atomic E-state index is 11.8. The molecule has 0 spiro atoms. The van der Waals surface area contributed by atoms with Gasteiger partial charge in [0.1, 0.15) is 0 Å². The van der Waals surface area contributed by atoms with E-state index in [4.69, 9.17) is 9.84 Å². The fourth-order valence-corrected chi connectivity index (χ4v) is 2.14. The third kappa shape index (κ3) is 3.70. The predicted molar refractivity (Wildman–Crippen MR) is 60.5 cm³/mol. The van der Waals surface area contributed by atoms with Crippen LogP contribution in [0.2, 0.25) is 0 Å². The zero-order valence-corrected chi connectivity index (χ0v) is 9.93. The number of carbonyl (C=O) groups is 2. The van der Waals surface area contributed by atoms with E-state index in [-0.39, 0.29) is 19.1 Å². The minimum atomic E-state index is -0.827. The van der Waals surface area contributed by atoms with Crippen LogP contribution < -0.4 is 0 Å². The summed E-state index contributed by atoms with van der Waals surface area (Å²) in [7, 11) is 0. The molecule has 5 heteroatoms. The summed E-state index contributed by atoms with van der Waals surface area (Å²) >= 11 is 0. The van der Waals surface area contributed by atoms with Crippen molar-refractivity contribution in [1.82, 2.24) is 4.90 Å². The van der Waals surface area contributed by atoms with E-state index in [1.54, 1.807) is 0 Å². The van der Waals surface area contributed by atoms with E-state index in [1.165, 1.54) is 0 Å². The van der Waals surface area contributed by atoms with Gasteiger partial charge < -0.3 is 14.7 Å². The van der Waals surface area contributed by atoms with Crippen molar-refractivity contribution in [1.29, 1.82) is 0 Å². The molecule has 17 heavy (non-hydrogen) atoms. The zero-order valence-electron chi connectivity index (χ0n) is 9.93. The molecule has 1 saturated carbocycles. The first-order valence-corrected chi connectivity index (χ1v) is 6.29. The number of aliphatic carboxylic acids is 1. The van der Waals surface area contributed by atoms with E-state index in [2.05, 4.69) is 0 Å². The predicted octanol–water partition coefficient (Wildman–Crippen LogP) is 0.879. The lowest BCUT2D eigenvalue weighted by Gasteiger charge is -2.32. The number of nitrogens with zero attached hydrogens (tertiary/aromatic N) is 1. The van der Waals surface area contributed by atoms with Crippen molar-refractivity contribution in [2.75, 3.05) is 19.7 Å². The van der Waals surface area contributed by atoms with Gasteiger partial charge in [-0.3, -0.25) is 9.59 Å². The van der Waals surface area contributed by atoms with E-state index in [0.717, 1.165) is 38.8 Å². The Morgan fingerprint density at radius 3 is 2.35 bits per heavy atom. The number of rotatable bonds is 5. The molecule has 1 N–H and O–H groups in total. The summed E-state index contributed by atoms with van der Waals surface area (Å²) in [6.07, 6.45) is 3.94. The Morgan fingerprint density at radius 2 is 1.82 bits per heavy atom. The first kappa shape index (κ1) is 12.4. The second-order valence-electron chi connectivity index (χ2n) is 4.81. The van der Waals surface area contributed by atoms with E-state index >= 15 is 0 Å². The van der Waals surface area contributed by atoms with Crippen LogP contribution in [-0.2, 0) is 14.3 Å². The number of carboxylic acids is 1. The van der Waals surface area contributed by atoms with Gasteiger partial charge in [0.2, 0.25) is 5.91 Å². The molecule has 1 aliphatic heterocycles. The van der Waals surface area contributed by atoms with Crippen LogP contribution in [-0.4, -0.2) is 47.7 Å². The number of hydrogen-bond donors (Lipinski definition) is 1. The maximum Gasteiger partial charge on any atom is 0.305 e. The van der Waals surface area contributed by atoms with Gasteiger partial charge in [0, 0.05) is 19.0 Å². The van der Waals surface area contributed by atoms with E-state index in [9.17, 15) is 9.59 Å². The highest BCUT2D eigenvalue weighted by molar-refractivity contribution is 5.81. The molecule has 0 aromatic carbocycles. The maximum atomic E-state index is 11.8. The third-order valence-electron chi connectivity index (χ3n) is 3.35. The minimum absolute atomic E-state index is 0.0568. The largest absolute Gasteiger partial charge is 0.481 e. The van der Waals surface area contributed by atoms with Gasteiger partial charge in [-0.2, -0.15) is 0 Å². The fourth-order valence-electron chi connectivity index (χ4n) is 2.14. The van der Waals surface area contributed by atoms with Crippen LogP contribution in [0.5, 0.6) is 0 Å². The average Bonchev–Trinajstić information content (AvgIpc) is 3.12. The lowest BCUT2D eigenvalue weighted by Crippen LogP contribution is -2.41. The average molecular weight is 241 g/mol. The number of likely N-dealkylation sites (tertiary alicyclic amines) is 1. The van der Waals surface area contributed by atoms with E-state index < -0.39 is 5.97 Å². The van der Waals surface area contributed by atoms with Crippen molar-refractivity contribution < 1.29 is 19.4 Å². The van der Waals surface area contributed by atoms with Crippen molar-refractivity contribution in [2.24, 2.45) is 5.92 Å². The zero-order chi connectivity index (χ0) is 12.3. The Hall–Kier alpha value is -1.10. The number of ether oxygens (including phenoxy) is 1. The summed E-state index contributed by atoms with van der Waals surface area (Å²) in [6.45, 7) is 1.79. The van der Waals surface area contributed by atoms with Crippen LogP contribution in [0.25, 0.3) is 0 Å². The summed E-state index contributed by atoms with van der Waals surface area (Å²) in [5, 5.41) is 8.49. The Bertz CT molecular complexity index is 293. The molecule has 96 valence electrons. The standard InChI is InChI=1S/C12H19NO4/c14-11(15)5-8-17-10-3-6-13(7-4-10)12(16)9-1-2-9/h9-10H,1-8H2,(H,14,15). The molecule has 0 bridgehead atoms. The Kier molecular flexibility index (Phi) is 3.99. The first-order valence-electron chi connectivity index (χ1n) is 6.29. The minimum Gasteiger partial charge on any atom is -0.481 e. The van der Waals surface area contributed by atoms with Crippen LogP contribution >= 0.6 is 0 Å². The molecule has 1 heterocycles. The summed E-state index contributed by atoms with van der Waals surface area (Å²) in [4.78, 5) is 24.0. The van der Waals surface area contributed by atoms with Crippen molar-refractivity contribution in [2.45, 2.75) is 38.2 Å². The molecule has 0 aromatic heterocycles. The molecule has 0 unspecified atom stereocenters. The van der Waals surface area contributed by atoms with Gasteiger partial charge in [0.05, 0.1) is 19.1 Å². The highest BCUT2D eigenvalue weighted by atomic mass is 16.5. The Labute approximate surface area is 101 Å². The van der Waals surface area contributed by atoms with Crippen LogP contribution in [0.3, 0.4) is 0 Å². The van der Waals surface area contributed by atoms with Crippen molar-refractivity contribution >= 4 is 11.9 Å². The molecule has 2 rings (SSSR count). The summed E-state index contributed by atoms with van der Waals surface area (Å²) in [5.74, 6) is -0.236. The smallest absolute Gasteiger partial charge is 0.305 e.